The number of nitro benzene ring substituents is 1. The van der Waals surface area contributed by atoms with Gasteiger partial charge in [-0.15, -0.1) is 0 Å². The van der Waals surface area contributed by atoms with E-state index in [1.54, 1.807) is 7.05 Å². The van der Waals surface area contributed by atoms with Crippen molar-refractivity contribution in [3.8, 4) is 5.75 Å². The van der Waals surface area contributed by atoms with E-state index in [0.717, 1.165) is 0 Å². The second-order valence-corrected chi connectivity index (χ2v) is 6.43. The molecule has 0 aliphatic rings. The van der Waals surface area contributed by atoms with Crippen LogP contribution >= 0.6 is 11.6 Å². The number of aryl methyl sites for hydroxylation is 1. The number of anilines is 1. The lowest BCUT2D eigenvalue weighted by Crippen LogP contribution is -2.21. The fraction of sp³-hybridized carbons (Fsp3) is 0.167. The van der Waals surface area contributed by atoms with Crippen molar-refractivity contribution >= 4 is 34.8 Å². The van der Waals surface area contributed by atoms with Crippen molar-refractivity contribution in [2.24, 2.45) is 7.05 Å². The zero-order chi connectivity index (χ0) is 21.8. The largest absolute Gasteiger partial charge is 0.484 e. The van der Waals surface area contributed by atoms with E-state index in [1.807, 2.05) is 0 Å². The Kier molecular flexibility index (Phi) is 6.02. The molecule has 30 heavy (non-hydrogen) atoms. The molecule has 0 aliphatic carbocycles. The lowest BCUT2D eigenvalue weighted by Gasteiger charge is -2.06. The number of aromatic nitrogens is 2. The fourth-order valence-corrected chi connectivity index (χ4v) is 2.66. The Hall–Kier alpha value is -3.86. The summed E-state index contributed by atoms with van der Waals surface area (Å²) in [6, 6.07) is 6.76. The smallest absolute Gasteiger partial charge is 0.291 e. The third-order valence-corrected chi connectivity index (χ3v) is 4.21. The summed E-state index contributed by atoms with van der Waals surface area (Å²) >= 11 is 5.98. The average molecular weight is 434 g/mol. The maximum Gasteiger partial charge on any atom is 0.291 e. The number of nitrogens with one attached hydrogen (secondary N) is 2. The highest BCUT2D eigenvalue weighted by molar-refractivity contribution is 6.32. The van der Waals surface area contributed by atoms with Crippen LogP contribution in [0.1, 0.15) is 26.8 Å². The van der Waals surface area contributed by atoms with Crippen molar-refractivity contribution in [1.29, 1.82) is 0 Å². The molecule has 0 atom stereocenters. The molecule has 0 fully saturated rings. The summed E-state index contributed by atoms with van der Waals surface area (Å²) in [7, 11) is 3.07. The van der Waals surface area contributed by atoms with E-state index in [-0.39, 0.29) is 40.2 Å². The van der Waals surface area contributed by atoms with Crippen LogP contribution in [0.3, 0.4) is 0 Å². The summed E-state index contributed by atoms with van der Waals surface area (Å²) in [5, 5.41) is 20.1. The summed E-state index contributed by atoms with van der Waals surface area (Å²) in [5.41, 5.74) is 0.112. The van der Waals surface area contributed by atoms with Gasteiger partial charge in [0.2, 0.25) is 0 Å². The minimum absolute atomic E-state index is 0.0227. The molecule has 0 unspecified atom stereocenters. The number of non-ortho nitro benzene ring substituents is 1. The van der Waals surface area contributed by atoms with Gasteiger partial charge in [-0.3, -0.25) is 24.4 Å². The summed E-state index contributed by atoms with van der Waals surface area (Å²) in [6.45, 7) is -0.107. The monoisotopic (exact) mass is 433 g/mol. The first-order valence-corrected chi connectivity index (χ1v) is 8.88. The van der Waals surface area contributed by atoms with Crippen molar-refractivity contribution < 1.29 is 23.7 Å². The van der Waals surface area contributed by atoms with Gasteiger partial charge in [0.1, 0.15) is 18.1 Å². The molecule has 12 heteroatoms. The molecule has 3 aromatic rings. The molecule has 3 rings (SSSR count). The number of nitro groups is 1. The number of amides is 2. The van der Waals surface area contributed by atoms with E-state index in [9.17, 15) is 19.7 Å². The number of carbonyl (C=O) groups is 2. The Morgan fingerprint density at radius 3 is 2.77 bits per heavy atom. The van der Waals surface area contributed by atoms with E-state index in [0.29, 0.717) is 5.76 Å². The van der Waals surface area contributed by atoms with Gasteiger partial charge >= 0.3 is 0 Å². The first kappa shape index (κ1) is 20.9. The second kappa shape index (κ2) is 8.66. The number of ether oxygens (including phenoxy) is 1. The zero-order valence-corrected chi connectivity index (χ0v) is 16.6. The number of halogens is 1. The molecule has 0 radical (unpaired) electrons. The lowest BCUT2D eigenvalue weighted by atomic mass is 10.3. The van der Waals surface area contributed by atoms with Crippen LogP contribution in [0.5, 0.6) is 5.75 Å². The van der Waals surface area contributed by atoms with Crippen LogP contribution in [-0.4, -0.2) is 33.6 Å². The number of rotatable bonds is 7. The molecule has 1 aromatic carbocycles. The molecule has 0 bridgehead atoms. The van der Waals surface area contributed by atoms with Crippen LogP contribution in [0.15, 0.2) is 40.9 Å². The van der Waals surface area contributed by atoms with Gasteiger partial charge in [-0.2, -0.15) is 5.10 Å². The van der Waals surface area contributed by atoms with Crippen LogP contribution in [0.2, 0.25) is 5.02 Å². The quantitative estimate of drug-likeness (QED) is 0.431. The predicted molar refractivity (Wildman–Crippen MR) is 106 cm³/mol. The van der Waals surface area contributed by atoms with Gasteiger partial charge in [0.15, 0.2) is 11.5 Å². The number of furan rings is 1. The zero-order valence-electron chi connectivity index (χ0n) is 15.8. The van der Waals surface area contributed by atoms with Crippen molar-refractivity contribution in [1.82, 2.24) is 15.1 Å². The van der Waals surface area contributed by atoms with E-state index >= 15 is 0 Å². The van der Waals surface area contributed by atoms with Crippen LogP contribution in [0.4, 0.5) is 11.4 Å². The highest BCUT2D eigenvalue weighted by Gasteiger charge is 2.19. The molecule has 0 saturated carbocycles. The maximum absolute atomic E-state index is 12.4. The topological polar surface area (TPSA) is 142 Å². The van der Waals surface area contributed by atoms with Crippen molar-refractivity contribution in [2.45, 2.75) is 6.61 Å². The van der Waals surface area contributed by atoms with Crippen molar-refractivity contribution in [3.05, 3.63) is 68.9 Å². The lowest BCUT2D eigenvalue weighted by molar-refractivity contribution is -0.384. The van der Waals surface area contributed by atoms with Gasteiger partial charge in [-0.1, -0.05) is 11.6 Å². The molecule has 2 N–H and O–H groups in total. The Balaban J connectivity index is 1.68. The van der Waals surface area contributed by atoms with Crippen molar-refractivity contribution in [2.75, 3.05) is 12.4 Å². The third kappa shape index (κ3) is 4.58. The molecule has 0 saturated heterocycles. The Labute approximate surface area is 174 Å². The minimum Gasteiger partial charge on any atom is -0.484 e. The minimum atomic E-state index is -0.590. The Morgan fingerprint density at radius 2 is 2.07 bits per heavy atom. The Morgan fingerprint density at radius 1 is 1.30 bits per heavy atom. The standard InChI is InChI=1S/C18H16ClN5O6/c1-20-18(26)16-13(8-23(2)22-16)21-17(25)14-6-4-11(30-14)9-29-15-7-10(24(27)28)3-5-12(15)19/h3-8H,9H2,1-2H3,(H,20,26)(H,21,25). The summed E-state index contributed by atoms with van der Waals surface area (Å²) in [5.74, 6) is -0.661. The fourth-order valence-electron chi connectivity index (χ4n) is 2.49. The SMILES string of the molecule is CNC(=O)c1nn(C)cc1NC(=O)c1ccc(COc2cc([N+](=O)[O-])ccc2Cl)o1. The van der Waals surface area contributed by atoms with Crippen molar-refractivity contribution in [3.63, 3.8) is 0 Å². The van der Waals surface area contributed by atoms with Gasteiger partial charge in [-0.05, 0) is 18.2 Å². The summed E-state index contributed by atoms with van der Waals surface area (Å²) in [6.07, 6.45) is 1.49. The first-order valence-electron chi connectivity index (χ1n) is 8.51. The van der Waals surface area contributed by atoms with Gasteiger partial charge < -0.3 is 19.8 Å². The number of benzene rings is 1. The molecule has 156 valence electrons. The van der Waals surface area contributed by atoms with Crippen LogP contribution < -0.4 is 15.4 Å². The van der Waals surface area contributed by atoms with E-state index in [1.165, 1.54) is 48.3 Å². The molecule has 2 amide bonds. The predicted octanol–water partition coefficient (Wildman–Crippen LogP) is 2.77. The van der Waals surface area contributed by atoms with E-state index < -0.39 is 16.7 Å². The van der Waals surface area contributed by atoms with Crippen LogP contribution in [-0.2, 0) is 13.7 Å². The molecular weight excluding hydrogens is 418 g/mol. The van der Waals surface area contributed by atoms with Crippen LogP contribution in [0.25, 0.3) is 0 Å². The summed E-state index contributed by atoms with van der Waals surface area (Å²) < 4.78 is 12.3. The van der Waals surface area contributed by atoms with E-state index in [2.05, 4.69) is 15.7 Å². The highest BCUT2D eigenvalue weighted by Crippen LogP contribution is 2.29. The Bertz CT molecular complexity index is 1120. The second-order valence-electron chi connectivity index (χ2n) is 6.02. The van der Waals surface area contributed by atoms with E-state index in [4.69, 9.17) is 20.8 Å². The van der Waals surface area contributed by atoms with Gasteiger partial charge in [0, 0.05) is 26.4 Å². The number of nitrogens with zero attached hydrogens (tertiary/aromatic N) is 3. The molecule has 0 spiro atoms. The third-order valence-electron chi connectivity index (χ3n) is 3.90. The van der Waals surface area contributed by atoms with Gasteiger partial charge in [-0.25, -0.2) is 0 Å². The number of hydrogen-bond acceptors (Lipinski definition) is 7. The molecule has 11 nitrogen and oxygen atoms in total. The number of carbonyl (C=O) groups excluding carboxylic acids is 2. The van der Waals surface area contributed by atoms with Gasteiger partial charge in [0.25, 0.3) is 17.5 Å². The molecule has 0 aliphatic heterocycles. The first-order chi connectivity index (χ1) is 14.3. The average Bonchev–Trinajstić information content (AvgIpc) is 3.33. The highest BCUT2D eigenvalue weighted by atomic mass is 35.5. The maximum atomic E-state index is 12.4. The van der Waals surface area contributed by atoms with Crippen LogP contribution in [0, 0.1) is 10.1 Å². The number of hydrogen-bond donors (Lipinski definition) is 2. The summed E-state index contributed by atoms with van der Waals surface area (Å²) in [4.78, 5) is 34.6. The molecule has 2 aromatic heterocycles. The van der Waals surface area contributed by atoms with Gasteiger partial charge in [0.05, 0.1) is 21.7 Å². The molecule has 2 heterocycles. The molecular formula is C18H16ClN5O6. The normalized spacial score (nSPS) is 10.5.